The highest BCUT2D eigenvalue weighted by molar-refractivity contribution is 6.02. The number of furan rings is 1. The number of hydrogen-bond acceptors (Lipinski definition) is 5. The molecule has 0 unspecified atom stereocenters. The van der Waals surface area contributed by atoms with Crippen molar-refractivity contribution in [3.63, 3.8) is 0 Å². The van der Waals surface area contributed by atoms with Gasteiger partial charge in [-0.3, -0.25) is 9.59 Å². The van der Waals surface area contributed by atoms with Gasteiger partial charge in [0.15, 0.2) is 17.3 Å². The molecule has 3 aromatic rings. The molecular weight excluding hydrogens is 372 g/mol. The molecule has 0 atom stereocenters. The minimum Gasteiger partial charge on any atom is -0.493 e. The Hall–Kier alpha value is -3.74. The summed E-state index contributed by atoms with van der Waals surface area (Å²) < 4.78 is 15.5. The van der Waals surface area contributed by atoms with Gasteiger partial charge in [-0.15, -0.1) is 0 Å². The van der Waals surface area contributed by atoms with Crippen molar-refractivity contribution in [2.75, 3.05) is 19.5 Å². The number of rotatable bonds is 8. The number of amides is 2. The van der Waals surface area contributed by atoms with Crippen molar-refractivity contribution in [1.82, 2.24) is 5.32 Å². The summed E-state index contributed by atoms with van der Waals surface area (Å²) in [5.41, 5.74) is 2.39. The molecular formula is C22H22N2O5. The summed E-state index contributed by atoms with van der Waals surface area (Å²) in [7, 11) is 3.13. The van der Waals surface area contributed by atoms with Crippen molar-refractivity contribution in [3.05, 3.63) is 77.7 Å². The summed E-state index contributed by atoms with van der Waals surface area (Å²) in [5, 5.41) is 5.63. The van der Waals surface area contributed by atoms with E-state index >= 15 is 0 Å². The molecule has 0 aliphatic carbocycles. The molecule has 2 N–H and O–H groups in total. The Morgan fingerprint density at radius 3 is 2.31 bits per heavy atom. The number of nitrogens with one attached hydrogen (secondary N) is 2. The number of hydrogen-bond donors (Lipinski definition) is 2. The van der Waals surface area contributed by atoms with E-state index in [0.29, 0.717) is 23.7 Å². The van der Waals surface area contributed by atoms with Crippen LogP contribution in [-0.4, -0.2) is 26.0 Å². The number of carbonyl (C=O) groups excluding carboxylic acids is 2. The van der Waals surface area contributed by atoms with Crippen molar-refractivity contribution in [1.29, 1.82) is 0 Å². The van der Waals surface area contributed by atoms with Crippen LogP contribution in [0.1, 0.15) is 21.7 Å². The van der Waals surface area contributed by atoms with E-state index in [9.17, 15) is 9.59 Å². The van der Waals surface area contributed by atoms with Crippen molar-refractivity contribution >= 4 is 17.5 Å². The maximum absolute atomic E-state index is 12.2. The highest BCUT2D eigenvalue weighted by Crippen LogP contribution is 2.27. The Morgan fingerprint density at radius 1 is 0.931 bits per heavy atom. The lowest BCUT2D eigenvalue weighted by molar-refractivity contribution is -0.120. The minimum atomic E-state index is -0.314. The first-order valence-corrected chi connectivity index (χ1v) is 9.00. The normalized spacial score (nSPS) is 10.3. The molecule has 0 saturated carbocycles. The Morgan fingerprint density at radius 2 is 1.66 bits per heavy atom. The lowest BCUT2D eigenvalue weighted by Crippen LogP contribution is -2.24. The first-order chi connectivity index (χ1) is 14.1. The largest absolute Gasteiger partial charge is 0.493 e. The topological polar surface area (TPSA) is 89.8 Å². The van der Waals surface area contributed by atoms with Gasteiger partial charge in [0.25, 0.3) is 5.91 Å². The second kappa shape index (κ2) is 9.45. The van der Waals surface area contributed by atoms with Crippen LogP contribution in [0, 0.1) is 0 Å². The third-order valence-corrected chi connectivity index (χ3v) is 4.26. The molecule has 0 fully saturated rings. The molecule has 7 heteroatoms. The molecule has 1 aromatic heterocycles. The molecule has 0 aliphatic heterocycles. The monoisotopic (exact) mass is 394 g/mol. The van der Waals surface area contributed by atoms with E-state index in [1.165, 1.54) is 6.26 Å². The Bertz CT molecular complexity index is 965. The second-order valence-electron chi connectivity index (χ2n) is 6.27. The van der Waals surface area contributed by atoms with Crippen LogP contribution in [0.2, 0.25) is 0 Å². The molecule has 0 radical (unpaired) electrons. The van der Waals surface area contributed by atoms with Crippen LogP contribution in [0.25, 0.3) is 0 Å². The average molecular weight is 394 g/mol. The van der Waals surface area contributed by atoms with Gasteiger partial charge in [0.2, 0.25) is 5.91 Å². The van der Waals surface area contributed by atoms with Crippen molar-refractivity contribution in [2.45, 2.75) is 13.0 Å². The molecule has 0 aliphatic rings. The minimum absolute atomic E-state index is 0.104. The first kappa shape index (κ1) is 20.0. The smallest absolute Gasteiger partial charge is 0.291 e. The standard InChI is InChI=1S/C22H22N2O5/c1-27-18-10-7-16(12-20(18)28-2)13-21(25)23-14-15-5-8-17(9-6-15)24-22(26)19-4-3-11-29-19/h3-12H,13-14H2,1-2H3,(H,23,25)(H,24,26). The van der Waals surface area contributed by atoms with E-state index < -0.39 is 0 Å². The van der Waals surface area contributed by atoms with E-state index in [-0.39, 0.29) is 24.0 Å². The lowest BCUT2D eigenvalue weighted by Gasteiger charge is -2.10. The molecule has 0 saturated heterocycles. The fourth-order valence-corrected chi connectivity index (χ4v) is 2.75. The van der Waals surface area contributed by atoms with Crippen LogP contribution in [-0.2, 0) is 17.8 Å². The van der Waals surface area contributed by atoms with Crippen LogP contribution in [0.15, 0.2) is 65.3 Å². The number of carbonyl (C=O) groups is 2. The van der Waals surface area contributed by atoms with Crippen LogP contribution in [0.4, 0.5) is 5.69 Å². The van der Waals surface area contributed by atoms with Crippen molar-refractivity contribution in [3.8, 4) is 11.5 Å². The van der Waals surface area contributed by atoms with Gasteiger partial charge in [-0.2, -0.15) is 0 Å². The van der Waals surface area contributed by atoms with E-state index in [0.717, 1.165) is 11.1 Å². The number of benzene rings is 2. The summed E-state index contributed by atoms with van der Waals surface area (Å²) in [6.07, 6.45) is 1.68. The van der Waals surface area contributed by atoms with E-state index in [4.69, 9.17) is 13.9 Å². The van der Waals surface area contributed by atoms with E-state index in [1.807, 2.05) is 18.2 Å². The van der Waals surface area contributed by atoms with Gasteiger partial charge in [-0.25, -0.2) is 0 Å². The number of anilines is 1. The highest BCUT2D eigenvalue weighted by atomic mass is 16.5. The molecule has 3 rings (SSSR count). The van der Waals surface area contributed by atoms with Crippen LogP contribution >= 0.6 is 0 Å². The Labute approximate surface area is 168 Å². The Kier molecular flexibility index (Phi) is 6.52. The quantitative estimate of drug-likeness (QED) is 0.611. The van der Waals surface area contributed by atoms with Crippen LogP contribution in [0.5, 0.6) is 11.5 Å². The third-order valence-electron chi connectivity index (χ3n) is 4.26. The molecule has 1 heterocycles. The molecule has 2 aromatic carbocycles. The zero-order valence-electron chi connectivity index (χ0n) is 16.2. The van der Waals surface area contributed by atoms with Crippen molar-refractivity contribution in [2.24, 2.45) is 0 Å². The SMILES string of the molecule is COc1ccc(CC(=O)NCc2ccc(NC(=O)c3ccco3)cc2)cc1OC. The summed E-state index contributed by atoms with van der Waals surface area (Å²) in [6.45, 7) is 0.387. The van der Waals surface area contributed by atoms with Gasteiger partial charge >= 0.3 is 0 Å². The zero-order chi connectivity index (χ0) is 20.6. The fraction of sp³-hybridized carbons (Fsp3) is 0.182. The fourth-order valence-electron chi connectivity index (χ4n) is 2.75. The van der Waals surface area contributed by atoms with Gasteiger partial charge in [0.1, 0.15) is 0 Å². The van der Waals surface area contributed by atoms with Gasteiger partial charge in [-0.1, -0.05) is 18.2 Å². The lowest BCUT2D eigenvalue weighted by atomic mass is 10.1. The number of methoxy groups -OCH3 is 2. The first-order valence-electron chi connectivity index (χ1n) is 9.00. The molecule has 2 amide bonds. The second-order valence-corrected chi connectivity index (χ2v) is 6.27. The average Bonchev–Trinajstić information content (AvgIpc) is 3.28. The molecule has 7 nitrogen and oxygen atoms in total. The van der Waals surface area contributed by atoms with Crippen LogP contribution in [0.3, 0.4) is 0 Å². The predicted octanol–water partition coefficient (Wildman–Crippen LogP) is 3.41. The van der Waals surface area contributed by atoms with Gasteiger partial charge in [0.05, 0.1) is 26.9 Å². The summed E-state index contributed by atoms with van der Waals surface area (Å²) >= 11 is 0. The summed E-state index contributed by atoms with van der Waals surface area (Å²) in [6, 6.07) is 15.9. The highest BCUT2D eigenvalue weighted by Gasteiger charge is 2.10. The van der Waals surface area contributed by atoms with Gasteiger partial charge < -0.3 is 24.5 Å². The zero-order valence-corrected chi connectivity index (χ0v) is 16.2. The van der Waals surface area contributed by atoms with Crippen molar-refractivity contribution < 1.29 is 23.5 Å². The maximum atomic E-state index is 12.2. The van der Waals surface area contributed by atoms with E-state index in [2.05, 4.69) is 10.6 Å². The summed E-state index contributed by atoms with van der Waals surface area (Å²) in [4.78, 5) is 24.2. The molecule has 150 valence electrons. The van der Waals surface area contributed by atoms with Gasteiger partial charge in [-0.05, 0) is 47.5 Å². The molecule has 29 heavy (non-hydrogen) atoms. The number of ether oxygens (including phenoxy) is 2. The Balaban J connectivity index is 1.50. The molecule has 0 spiro atoms. The van der Waals surface area contributed by atoms with Crippen LogP contribution < -0.4 is 20.1 Å². The summed E-state index contributed by atoms with van der Waals surface area (Å²) in [5.74, 6) is 1.04. The maximum Gasteiger partial charge on any atom is 0.291 e. The van der Waals surface area contributed by atoms with Gasteiger partial charge in [0, 0.05) is 12.2 Å². The third kappa shape index (κ3) is 5.38. The molecule has 0 bridgehead atoms. The predicted molar refractivity (Wildman–Crippen MR) is 108 cm³/mol. The van der Waals surface area contributed by atoms with E-state index in [1.54, 1.807) is 50.6 Å².